The zero-order chi connectivity index (χ0) is 10.8. The molecular weight excluding hydrogens is 188 g/mol. The Balaban J connectivity index is 2.19. The van der Waals surface area contributed by atoms with Gasteiger partial charge < -0.3 is 9.84 Å². The van der Waals surface area contributed by atoms with Crippen molar-refractivity contribution in [2.24, 2.45) is 11.3 Å². The van der Waals surface area contributed by atoms with E-state index in [2.05, 4.69) is 26.5 Å². The van der Waals surface area contributed by atoms with Crippen LogP contribution in [0.15, 0.2) is 23.8 Å². The molecule has 4 atom stereocenters. The fraction of sp³-hybridized carbons (Fsp3) is 0.692. The molecule has 2 aliphatic carbocycles. The van der Waals surface area contributed by atoms with Crippen molar-refractivity contribution in [2.75, 3.05) is 6.61 Å². The maximum atomic E-state index is 10.2. The van der Waals surface area contributed by atoms with Gasteiger partial charge >= 0.3 is 0 Å². The Morgan fingerprint density at radius 3 is 3.07 bits per heavy atom. The fourth-order valence-electron chi connectivity index (χ4n) is 4.12. The van der Waals surface area contributed by atoms with Crippen LogP contribution in [0.4, 0.5) is 0 Å². The Hall–Kier alpha value is -0.600. The van der Waals surface area contributed by atoms with Gasteiger partial charge in [0.2, 0.25) is 0 Å². The molecule has 3 rings (SSSR count). The highest BCUT2D eigenvalue weighted by Gasteiger charge is 2.64. The molecule has 0 radical (unpaired) electrons. The first-order valence-corrected chi connectivity index (χ1v) is 5.66. The maximum absolute atomic E-state index is 10.2. The van der Waals surface area contributed by atoms with Crippen LogP contribution in [0, 0.1) is 11.3 Å². The van der Waals surface area contributed by atoms with E-state index in [1.807, 2.05) is 0 Å². The number of ether oxygens (including phenoxy) is 1. The average Bonchev–Trinajstić information content (AvgIpc) is 2.46. The zero-order valence-electron chi connectivity index (χ0n) is 9.42. The number of hydrogen-bond donors (Lipinski definition) is 1. The van der Waals surface area contributed by atoms with E-state index in [9.17, 15) is 5.11 Å². The zero-order valence-corrected chi connectivity index (χ0v) is 9.42. The average molecular weight is 206 g/mol. The molecule has 0 aromatic carbocycles. The predicted octanol–water partition coefficient (Wildman–Crippen LogP) is 2.05. The summed E-state index contributed by atoms with van der Waals surface area (Å²) in [5, 5.41) is 10.2. The summed E-state index contributed by atoms with van der Waals surface area (Å²) in [4.78, 5) is 0. The minimum Gasteiger partial charge on any atom is -0.392 e. The molecular formula is C13H18O2. The smallest absolute Gasteiger partial charge is 0.0766 e. The first-order chi connectivity index (χ1) is 6.98. The van der Waals surface area contributed by atoms with Crippen molar-refractivity contribution in [3.63, 3.8) is 0 Å². The molecule has 1 saturated carbocycles. The standard InChI is InChI=1S/C13H18O2/c1-8-5-12(3)11-9(2)4-10(14)13(11,6-8)7-15-12/h6,10-11,14H,2,4-5,7H2,1,3H3/t10-,11+,12+,13+/m1/s1. The number of rotatable bonds is 0. The van der Waals surface area contributed by atoms with E-state index in [0.29, 0.717) is 12.5 Å². The lowest BCUT2D eigenvalue weighted by Gasteiger charge is -2.39. The van der Waals surface area contributed by atoms with Crippen LogP contribution in [0.5, 0.6) is 0 Å². The molecule has 2 bridgehead atoms. The lowest BCUT2D eigenvalue weighted by Crippen LogP contribution is -2.42. The minimum atomic E-state index is -0.299. The number of aliphatic hydroxyl groups is 1. The first-order valence-electron chi connectivity index (χ1n) is 5.66. The van der Waals surface area contributed by atoms with Crippen LogP contribution in [0.3, 0.4) is 0 Å². The van der Waals surface area contributed by atoms with Crippen LogP contribution >= 0.6 is 0 Å². The van der Waals surface area contributed by atoms with Crippen molar-refractivity contribution in [1.29, 1.82) is 0 Å². The van der Waals surface area contributed by atoms with Gasteiger partial charge in [0.1, 0.15) is 0 Å². The van der Waals surface area contributed by atoms with E-state index >= 15 is 0 Å². The summed E-state index contributed by atoms with van der Waals surface area (Å²) in [6.45, 7) is 9.09. The summed E-state index contributed by atoms with van der Waals surface area (Å²) in [7, 11) is 0. The highest BCUT2D eigenvalue weighted by atomic mass is 16.5. The monoisotopic (exact) mass is 206 g/mol. The number of aliphatic hydroxyl groups excluding tert-OH is 1. The van der Waals surface area contributed by atoms with Gasteiger partial charge in [-0.1, -0.05) is 23.8 Å². The molecule has 0 aromatic heterocycles. The second kappa shape index (κ2) is 2.55. The molecule has 2 nitrogen and oxygen atoms in total. The van der Waals surface area contributed by atoms with E-state index in [0.717, 1.165) is 12.8 Å². The van der Waals surface area contributed by atoms with Crippen molar-refractivity contribution in [3.05, 3.63) is 23.8 Å². The topological polar surface area (TPSA) is 29.5 Å². The van der Waals surface area contributed by atoms with Crippen LogP contribution in [0.1, 0.15) is 26.7 Å². The molecule has 1 heterocycles. The van der Waals surface area contributed by atoms with Gasteiger partial charge in [-0.05, 0) is 26.7 Å². The molecule has 2 heteroatoms. The second-order valence-electron chi connectivity index (χ2n) is 5.69. The van der Waals surface area contributed by atoms with Crippen LogP contribution in [0.25, 0.3) is 0 Å². The molecule has 82 valence electrons. The molecule has 0 amide bonds. The number of hydrogen-bond acceptors (Lipinski definition) is 2. The van der Waals surface area contributed by atoms with E-state index in [-0.39, 0.29) is 17.1 Å². The highest BCUT2D eigenvalue weighted by Crippen LogP contribution is 2.62. The quantitative estimate of drug-likeness (QED) is 0.615. The van der Waals surface area contributed by atoms with Crippen LogP contribution < -0.4 is 0 Å². The van der Waals surface area contributed by atoms with E-state index in [1.165, 1.54) is 11.1 Å². The van der Waals surface area contributed by atoms with E-state index < -0.39 is 0 Å². The van der Waals surface area contributed by atoms with Crippen molar-refractivity contribution in [2.45, 2.75) is 38.4 Å². The van der Waals surface area contributed by atoms with Crippen molar-refractivity contribution < 1.29 is 9.84 Å². The van der Waals surface area contributed by atoms with Gasteiger partial charge in [-0.2, -0.15) is 0 Å². The van der Waals surface area contributed by atoms with Crippen molar-refractivity contribution in [3.8, 4) is 0 Å². The Morgan fingerprint density at radius 1 is 1.60 bits per heavy atom. The van der Waals surface area contributed by atoms with E-state index in [4.69, 9.17) is 4.74 Å². The van der Waals surface area contributed by atoms with Crippen molar-refractivity contribution >= 4 is 0 Å². The van der Waals surface area contributed by atoms with Crippen LogP contribution in [0.2, 0.25) is 0 Å². The molecule has 0 spiro atoms. The van der Waals surface area contributed by atoms with Gasteiger partial charge in [-0.3, -0.25) is 0 Å². The maximum Gasteiger partial charge on any atom is 0.0766 e. The Labute approximate surface area is 90.6 Å². The van der Waals surface area contributed by atoms with Crippen LogP contribution in [-0.4, -0.2) is 23.4 Å². The second-order valence-corrected chi connectivity index (χ2v) is 5.69. The summed E-state index contributed by atoms with van der Waals surface area (Å²) in [5.41, 5.74) is 2.24. The molecule has 0 aromatic rings. The molecule has 0 unspecified atom stereocenters. The highest BCUT2D eigenvalue weighted by molar-refractivity contribution is 5.36. The minimum absolute atomic E-state index is 0.118. The Kier molecular flexibility index (Phi) is 1.64. The largest absolute Gasteiger partial charge is 0.392 e. The van der Waals surface area contributed by atoms with Gasteiger partial charge in [-0.15, -0.1) is 0 Å². The summed E-state index contributed by atoms with van der Waals surface area (Å²) in [6.07, 6.45) is 3.67. The van der Waals surface area contributed by atoms with Crippen molar-refractivity contribution in [1.82, 2.24) is 0 Å². The van der Waals surface area contributed by atoms with Gasteiger partial charge in [0.15, 0.2) is 0 Å². The summed E-state index contributed by atoms with van der Waals surface area (Å²) in [6, 6.07) is 0. The Morgan fingerprint density at radius 2 is 2.33 bits per heavy atom. The molecule has 3 aliphatic rings. The normalized spacial score (nSPS) is 53.0. The molecule has 2 fully saturated rings. The lowest BCUT2D eigenvalue weighted by atomic mass is 9.65. The summed E-state index contributed by atoms with van der Waals surface area (Å²) >= 11 is 0. The third-order valence-electron chi connectivity index (χ3n) is 4.43. The fourth-order valence-corrected chi connectivity index (χ4v) is 4.12. The summed E-state index contributed by atoms with van der Waals surface area (Å²) in [5.74, 6) is 0.323. The van der Waals surface area contributed by atoms with Crippen LogP contribution in [-0.2, 0) is 4.74 Å². The molecule has 1 N–H and O–H groups in total. The molecule has 1 aliphatic heterocycles. The summed E-state index contributed by atoms with van der Waals surface area (Å²) < 4.78 is 5.96. The van der Waals surface area contributed by atoms with E-state index in [1.54, 1.807) is 0 Å². The van der Waals surface area contributed by atoms with Gasteiger partial charge in [0.25, 0.3) is 0 Å². The third kappa shape index (κ3) is 0.969. The third-order valence-corrected chi connectivity index (χ3v) is 4.43. The van der Waals surface area contributed by atoms with Gasteiger partial charge in [-0.25, -0.2) is 0 Å². The molecule has 1 saturated heterocycles. The Bertz CT molecular complexity index is 371. The first kappa shape index (κ1) is 9.61. The lowest BCUT2D eigenvalue weighted by molar-refractivity contribution is -0.000207. The van der Waals surface area contributed by atoms with Gasteiger partial charge in [0.05, 0.1) is 18.3 Å². The molecule has 15 heavy (non-hydrogen) atoms. The SMILES string of the molecule is C=C1C[C@@H](O)[C@]23C=C(C)C[C@](C)(OC2)[C@H]13. The predicted molar refractivity (Wildman–Crippen MR) is 58.4 cm³/mol. The van der Waals surface area contributed by atoms with Gasteiger partial charge in [0, 0.05) is 11.3 Å².